The van der Waals surface area contributed by atoms with E-state index < -0.39 is 0 Å². The predicted octanol–water partition coefficient (Wildman–Crippen LogP) is 3.04. The molecule has 3 heteroatoms. The van der Waals surface area contributed by atoms with Crippen LogP contribution < -0.4 is 5.73 Å². The monoisotopic (exact) mass is 243 g/mol. The molecule has 0 aliphatic carbocycles. The first-order valence-electron chi connectivity index (χ1n) is 6.45. The second-order valence-corrected chi connectivity index (χ2v) is 5.17. The average Bonchev–Trinajstić information content (AvgIpc) is 2.70. The Bertz CT molecular complexity index is 509. The topological polar surface area (TPSA) is 54.7 Å². The van der Waals surface area contributed by atoms with Crippen molar-refractivity contribution >= 4 is 0 Å². The third kappa shape index (κ3) is 2.62. The largest absolute Gasteiger partial charge is 0.326 e. The van der Waals surface area contributed by atoms with Gasteiger partial charge in [0.1, 0.15) is 0 Å². The summed E-state index contributed by atoms with van der Waals surface area (Å²) >= 11 is 0. The van der Waals surface area contributed by atoms with Crippen molar-refractivity contribution < 1.29 is 0 Å². The Hall–Kier alpha value is -1.61. The number of nitrogens with two attached hydrogens (primary N) is 1. The van der Waals surface area contributed by atoms with Gasteiger partial charge in [-0.2, -0.15) is 5.10 Å². The molecule has 1 heterocycles. The fourth-order valence-electron chi connectivity index (χ4n) is 2.21. The quantitative estimate of drug-likeness (QED) is 0.867. The highest BCUT2D eigenvalue weighted by Crippen LogP contribution is 2.24. The van der Waals surface area contributed by atoms with E-state index in [4.69, 9.17) is 5.73 Å². The van der Waals surface area contributed by atoms with Crippen LogP contribution in [-0.2, 0) is 13.0 Å². The van der Waals surface area contributed by atoms with Crippen LogP contribution in [-0.4, -0.2) is 10.2 Å². The second-order valence-electron chi connectivity index (χ2n) is 5.17. The van der Waals surface area contributed by atoms with Crippen LogP contribution in [0.15, 0.2) is 24.3 Å². The van der Waals surface area contributed by atoms with E-state index in [1.54, 1.807) is 0 Å². The Morgan fingerprint density at radius 1 is 1.22 bits per heavy atom. The lowest BCUT2D eigenvalue weighted by Gasteiger charge is -2.06. The van der Waals surface area contributed by atoms with Gasteiger partial charge in [-0.1, -0.05) is 38.1 Å². The van der Waals surface area contributed by atoms with Crippen molar-refractivity contribution in [1.82, 2.24) is 10.2 Å². The first-order chi connectivity index (χ1) is 8.61. The van der Waals surface area contributed by atoms with Crippen LogP contribution in [0.2, 0.25) is 0 Å². The van der Waals surface area contributed by atoms with E-state index in [0.29, 0.717) is 12.5 Å². The van der Waals surface area contributed by atoms with Gasteiger partial charge < -0.3 is 5.73 Å². The maximum absolute atomic E-state index is 5.77. The van der Waals surface area contributed by atoms with Gasteiger partial charge >= 0.3 is 0 Å². The van der Waals surface area contributed by atoms with Gasteiger partial charge in [0, 0.05) is 23.4 Å². The molecule has 0 unspecified atom stereocenters. The molecular formula is C15H21N3. The first kappa shape index (κ1) is 12.8. The Labute approximate surface area is 108 Å². The summed E-state index contributed by atoms with van der Waals surface area (Å²) in [7, 11) is 0. The van der Waals surface area contributed by atoms with Gasteiger partial charge in [0.2, 0.25) is 0 Å². The normalized spacial score (nSPS) is 11.2. The lowest BCUT2D eigenvalue weighted by molar-refractivity contribution is 0.647. The number of nitrogens with zero attached hydrogens (tertiary/aromatic N) is 1. The van der Waals surface area contributed by atoms with Crippen LogP contribution in [0.1, 0.15) is 30.7 Å². The molecule has 0 saturated heterocycles. The van der Waals surface area contributed by atoms with Crippen molar-refractivity contribution in [3.05, 3.63) is 41.1 Å². The zero-order valence-electron chi connectivity index (χ0n) is 11.3. The van der Waals surface area contributed by atoms with Crippen LogP contribution in [0, 0.1) is 12.8 Å². The molecule has 0 aliphatic heterocycles. The molecule has 3 nitrogen and oxygen atoms in total. The summed E-state index contributed by atoms with van der Waals surface area (Å²) in [5.41, 5.74) is 11.4. The highest BCUT2D eigenvalue weighted by Gasteiger charge is 2.10. The van der Waals surface area contributed by atoms with Crippen LogP contribution in [0.3, 0.4) is 0 Å². The molecule has 2 rings (SSSR count). The predicted molar refractivity (Wildman–Crippen MR) is 75.2 cm³/mol. The van der Waals surface area contributed by atoms with Gasteiger partial charge in [0.15, 0.2) is 0 Å². The Kier molecular flexibility index (Phi) is 3.82. The Morgan fingerprint density at radius 2 is 1.89 bits per heavy atom. The molecule has 0 bridgehead atoms. The van der Waals surface area contributed by atoms with Gasteiger partial charge in [0.05, 0.1) is 5.69 Å². The van der Waals surface area contributed by atoms with Crippen molar-refractivity contribution in [2.75, 3.05) is 0 Å². The number of nitrogens with one attached hydrogen (secondary N) is 1. The van der Waals surface area contributed by atoms with Crippen molar-refractivity contribution in [1.29, 1.82) is 0 Å². The molecule has 18 heavy (non-hydrogen) atoms. The second kappa shape index (κ2) is 5.36. The van der Waals surface area contributed by atoms with E-state index in [0.717, 1.165) is 28.9 Å². The highest BCUT2D eigenvalue weighted by atomic mass is 15.1. The zero-order chi connectivity index (χ0) is 13.1. The summed E-state index contributed by atoms with van der Waals surface area (Å²) in [6.07, 6.45) is 1.11. The van der Waals surface area contributed by atoms with Crippen LogP contribution in [0.4, 0.5) is 0 Å². The van der Waals surface area contributed by atoms with E-state index in [2.05, 4.69) is 48.3 Å². The molecule has 0 amide bonds. The van der Waals surface area contributed by atoms with E-state index in [9.17, 15) is 0 Å². The van der Waals surface area contributed by atoms with E-state index in [-0.39, 0.29) is 0 Å². The molecule has 0 spiro atoms. The first-order valence-corrected chi connectivity index (χ1v) is 6.45. The highest BCUT2D eigenvalue weighted by molar-refractivity contribution is 5.64. The molecule has 0 fully saturated rings. The van der Waals surface area contributed by atoms with E-state index in [1.807, 2.05) is 6.92 Å². The lowest BCUT2D eigenvalue weighted by Crippen LogP contribution is -1.99. The van der Waals surface area contributed by atoms with Gasteiger partial charge in [-0.05, 0) is 24.8 Å². The number of aromatic amines is 1. The molecule has 1 aromatic carbocycles. The number of hydrogen-bond acceptors (Lipinski definition) is 2. The Balaban J connectivity index is 2.28. The van der Waals surface area contributed by atoms with Gasteiger partial charge in [-0.3, -0.25) is 5.10 Å². The molecule has 0 atom stereocenters. The van der Waals surface area contributed by atoms with Crippen molar-refractivity contribution in [2.24, 2.45) is 11.7 Å². The number of aryl methyl sites for hydroxylation is 1. The molecule has 0 radical (unpaired) electrons. The number of benzene rings is 1. The summed E-state index contributed by atoms with van der Waals surface area (Å²) < 4.78 is 0. The maximum atomic E-state index is 5.77. The van der Waals surface area contributed by atoms with E-state index in [1.165, 1.54) is 5.56 Å². The third-order valence-corrected chi connectivity index (χ3v) is 3.15. The third-order valence-electron chi connectivity index (χ3n) is 3.15. The molecular weight excluding hydrogens is 222 g/mol. The molecule has 1 aromatic heterocycles. The fraction of sp³-hybridized carbons (Fsp3) is 0.400. The van der Waals surface area contributed by atoms with Gasteiger partial charge in [0.25, 0.3) is 0 Å². The van der Waals surface area contributed by atoms with Crippen molar-refractivity contribution in [3.63, 3.8) is 0 Å². The smallest absolute Gasteiger partial charge is 0.0968 e. The Morgan fingerprint density at radius 3 is 2.44 bits per heavy atom. The number of rotatable bonds is 4. The molecule has 0 aliphatic rings. The summed E-state index contributed by atoms with van der Waals surface area (Å²) in [6, 6.07) is 8.62. The molecule has 3 N–H and O–H groups in total. The summed E-state index contributed by atoms with van der Waals surface area (Å²) in [5, 5.41) is 7.35. The lowest BCUT2D eigenvalue weighted by atomic mass is 9.99. The molecule has 2 aromatic rings. The molecule has 96 valence electrons. The summed E-state index contributed by atoms with van der Waals surface area (Å²) in [5.74, 6) is 0.683. The minimum atomic E-state index is 0.519. The molecule has 0 saturated carbocycles. The summed E-state index contributed by atoms with van der Waals surface area (Å²) in [6.45, 7) is 6.99. The average molecular weight is 243 g/mol. The van der Waals surface area contributed by atoms with Crippen molar-refractivity contribution in [3.8, 4) is 11.3 Å². The number of H-pyrrole nitrogens is 1. The maximum Gasteiger partial charge on any atom is 0.0968 e. The minimum Gasteiger partial charge on any atom is -0.326 e. The van der Waals surface area contributed by atoms with E-state index >= 15 is 0 Å². The minimum absolute atomic E-state index is 0.519. The van der Waals surface area contributed by atoms with Crippen LogP contribution in [0.25, 0.3) is 11.3 Å². The number of hydrogen-bond donors (Lipinski definition) is 2. The van der Waals surface area contributed by atoms with Crippen LogP contribution >= 0.6 is 0 Å². The fourth-order valence-corrected chi connectivity index (χ4v) is 2.21. The zero-order valence-corrected chi connectivity index (χ0v) is 11.3. The van der Waals surface area contributed by atoms with Gasteiger partial charge in [-0.25, -0.2) is 0 Å². The van der Waals surface area contributed by atoms with Crippen LogP contribution in [0.5, 0.6) is 0 Å². The standard InChI is InChI=1S/C15H21N3/c1-10(2)8-12-4-6-13(7-5-12)15-14(9-16)11(3)17-18-15/h4-7,10H,8-9,16H2,1-3H3,(H,17,18). The number of aromatic nitrogens is 2. The van der Waals surface area contributed by atoms with Crippen molar-refractivity contribution in [2.45, 2.75) is 33.7 Å². The summed E-state index contributed by atoms with van der Waals surface area (Å²) in [4.78, 5) is 0. The van der Waals surface area contributed by atoms with Gasteiger partial charge in [-0.15, -0.1) is 0 Å². The SMILES string of the molecule is Cc1[nH]nc(-c2ccc(CC(C)C)cc2)c1CN.